The first-order valence-corrected chi connectivity index (χ1v) is 12.7. The highest BCUT2D eigenvalue weighted by Crippen LogP contribution is 2.39. The number of nitrogens with zero attached hydrogens (tertiary/aromatic N) is 2. The number of aromatic nitrogens is 2. The molecule has 2 aromatic carbocycles. The Morgan fingerprint density at radius 3 is 2.53 bits per heavy atom. The number of methoxy groups -OCH3 is 1. The fourth-order valence-corrected chi connectivity index (χ4v) is 5.19. The number of carboxylic acid groups (broad SMARTS) is 1. The average Bonchev–Trinajstić information content (AvgIpc) is 3.23. The molecule has 0 bridgehead atoms. The van der Waals surface area contributed by atoms with Gasteiger partial charge in [0, 0.05) is 42.5 Å². The topological polar surface area (TPSA) is 73.6 Å². The lowest BCUT2D eigenvalue weighted by atomic mass is 9.82. The van der Waals surface area contributed by atoms with Crippen LogP contribution >= 0.6 is 11.6 Å². The van der Waals surface area contributed by atoms with E-state index in [0.29, 0.717) is 37.0 Å². The van der Waals surface area contributed by atoms with Gasteiger partial charge in [-0.1, -0.05) is 54.1 Å². The van der Waals surface area contributed by atoms with Gasteiger partial charge in [-0.25, -0.2) is 9.18 Å². The number of carboxylic acids is 1. The van der Waals surface area contributed by atoms with Crippen LogP contribution < -0.4 is 0 Å². The maximum absolute atomic E-state index is 15.3. The van der Waals surface area contributed by atoms with E-state index in [2.05, 4.69) is 0 Å². The Kier molecular flexibility index (Phi) is 9.13. The largest absolute Gasteiger partial charge is 0.480 e. The molecule has 0 spiro atoms. The molecule has 1 N–H and O–H groups in total. The SMILES string of the molecule is COCCc1c(-c2cccc(Cl)c2F)c(-c2ccccc2)nn1C[C@H]1CC[C@@H](COCC(=O)O)CC1. The molecule has 8 heteroatoms. The van der Waals surface area contributed by atoms with E-state index in [1.807, 2.05) is 35.0 Å². The molecule has 0 saturated heterocycles. The fraction of sp³-hybridized carbons (Fsp3) is 0.429. The van der Waals surface area contributed by atoms with Crippen molar-refractivity contribution >= 4 is 17.6 Å². The van der Waals surface area contributed by atoms with Crippen LogP contribution in [0.1, 0.15) is 31.4 Å². The summed E-state index contributed by atoms with van der Waals surface area (Å²) in [5, 5.41) is 13.9. The summed E-state index contributed by atoms with van der Waals surface area (Å²) in [6.07, 6.45) is 4.58. The number of rotatable bonds is 11. The van der Waals surface area contributed by atoms with Crippen LogP contribution in [0.4, 0.5) is 4.39 Å². The van der Waals surface area contributed by atoms with Gasteiger partial charge in [-0.15, -0.1) is 0 Å². The molecule has 1 aliphatic rings. The number of ether oxygens (including phenoxy) is 2. The Balaban J connectivity index is 1.64. The molecular weight excluding hydrogens is 483 g/mol. The van der Waals surface area contributed by atoms with Gasteiger partial charge in [-0.2, -0.15) is 5.10 Å². The molecule has 0 amide bonds. The third-order valence-electron chi connectivity index (χ3n) is 6.85. The van der Waals surface area contributed by atoms with Crippen LogP contribution in [-0.2, 0) is 27.2 Å². The monoisotopic (exact) mass is 514 g/mol. The molecule has 1 heterocycles. The second-order valence-corrected chi connectivity index (χ2v) is 9.77. The molecular formula is C28H32ClFN2O4. The van der Waals surface area contributed by atoms with Crippen molar-refractivity contribution in [1.82, 2.24) is 9.78 Å². The van der Waals surface area contributed by atoms with E-state index < -0.39 is 11.8 Å². The Morgan fingerprint density at radius 1 is 1.11 bits per heavy atom. The van der Waals surface area contributed by atoms with Crippen molar-refractivity contribution in [2.24, 2.45) is 11.8 Å². The van der Waals surface area contributed by atoms with Gasteiger partial charge in [0.25, 0.3) is 0 Å². The summed E-state index contributed by atoms with van der Waals surface area (Å²) < 4.78 is 28.0. The second-order valence-electron chi connectivity index (χ2n) is 9.36. The normalized spacial score (nSPS) is 17.9. The Hall–Kier alpha value is -2.74. The van der Waals surface area contributed by atoms with Crippen LogP contribution in [0.15, 0.2) is 48.5 Å². The van der Waals surface area contributed by atoms with E-state index >= 15 is 4.39 Å². The van der Waals surface area contributed by atoms with Gasteiger partial charge in [0.2, 0.25) is 0 Å². The summed E-state index contributed by atoms with van der Waals surface area (Å²) in [5.74, 6) is -0.590. The van der Waals surface area contributed by atoms with E-state index in [1.165, 1.54) is 0 Å². The quantitative estimate of drug-likeness (QED) is 0.334. The van der Waals surface area contributed by atoms with E-state index in [4.69, 9.17) is 31.3 Å². The van der Waals surface area contributed by atoms with Gasteiger partial charge in [0.05, 0.1) is 18.2 Å². The number of benzene rings is 2. The van der Waals surface area contributed by atoms with Gasteiger partial charge in [-0.05, 0) is 43.6 Å². The molecule has 6 nitrogen and oxygen atoms in total. The number of halogens is 2. The predicted molar refractivity (Wildman–Crippen MR) is 138 cm³/mol. The van der Waals surface area contributed by atoms with Crippen molar-refractivity contribution in [1.29, 1.82) is 0 Å². The van der Waals surface area contributed by atoms with Gasteiger partial charge >= 0.3 is 5.97 Å². The van der Waals surface area contributed by atoms with Crippen molar-refractivity contribution in [3.8, 4) is 22.4 Å². The molecule has 1 saturated carbocycles. The molecule has 36 heavy (non-hydrogen) atoms. The zero-order chi connectivity index (χ0) is 25.5. The first-order chi connectivity index (χ1) is 17.5. The molecule has 3 aromatic rings. The van der Waals surface area contributed by atoms with Crippen molar-refractivity contribution in [2.75, 3.05) is 26.9 Å². The highest BCUT2D eigenvalue weighted by atomic mass is 35.5. The zero-order valence-electron chi connectivity index (χ0n) is 20.5. The molecule has 0 aliphatic heterocycles. The van der Waals surface area contributed by atoms with Crippen LogP contribution in [0, 0.1) is 17.7 Å². The third kappa shape index (κ3) is 6.33. The minimum Gasteiger partial charge on any atom is -0.480 e. The molecule has 0 radical (unpaired) electrons. The standard InChI is InChI=1S/C28H32ClFN2O4/c1-35-15-14-24-26(22-8-5-9-23(29)27(22)30)28(21-6-3-2-4-7-21)31-32(24)16-19-10-12-20(13-11-19)17-36-18-25(33)34/h2-9,19-20H,10-18H2,1H3,(H,33,34)/t19-,20+. The van der Waals surface area contributed by atoms with E-state index in [0.717, 1.165) is 54.7 Å². The molecule has 4 rings (SSSR count). The van der Waals surface area contributed by atoms with Crippen molar-refractivity contribution in [3.63, 3.8) is 0 Å². The lowest BCUT2D eigenvalue weighted by Crippen LogP contribution is -2.24. The third-order valence-corrected chi connectivity index (χ3v) is 7.14. The highest BCUT2D eigenvalue weighted by Gasteiger charge is 2.27. The summed E-state index contributed by atoms with van der Waals surface area (Å²) in [7, 11) is 1.66. The van der Waals surface area contributed by atoms with Gasteiger partial charge < -0.3 is 14.6 Å². The number of hydrogen-bond donors (Lipinski definition) is 1. The van der Waals surface area contributed by atoms with E-state index in [9.17, 15) is 4.79 Å². The number of aliphatic carboxylic acids is 1. The first kappa shape index (κ1) is 26.3. The first-order valence-electron chi connectivity index (χ1n) is 12.4. The smallest absolute Gasteiger partial charge is 0.329 e. The summed E-state index contributed by atoms with van der Waals surface area (Å²) >= 11 is 6.18. The fourth-order valence-electron chi connectivity index (χ4n) is 5.02. The lowest BCUT2D eigenvalue weighted by molar-refractivity contribution is -0.142. The lowest BCUT2D eigenvalue weighted by Gasteiger charge is -2.28. The minimum atomic E-state index is -0.938. The summed E-state index contributed by atoms with van der Waals surface area (Å²) in [5.41, 5.74) is 3.79. The van der Waals surface area contributed by atoms with Crippen LogP contribution in [0.5, 0.6) is 0 Å². The predicted octanol–water partition coefficient (Wildman–Crippen LogP) is 6.11. The summed E-state index contributed by atoms with van der Waals surface area (Å²) in [4.78, 5) is 10.7. The minimum absolute atomic E-state index is 0.0837. The van der Waals surface area contributed by atoms with Gasteiger partial charge in [0.1, 0.15) is 18.1 Å². The van der Waals surface area contributed by atoms with Crippen molar-refractivity contribution < 1.29 is 23.8 Å². The molecule has 0 unspecified atom stereocenters. The highest BCUT2D eigenvalue weighted by molar-refractivity contribution is 6.31. The average molecular weight is 515 g/mol. The van der Waals surface area contributed by atoms with Crippen molar-refractivity contribution in [2.45, 2.75) is 38.6 Å². The van der Waals surface area contributed by atoms with Crippen LogP contribution in [0.3, 0.4) is 0 Å². The Morgan fingerprint density at radius 2 is 1.83 bits per heavy atom. The zero-order valence-corrected chi connectivity index (χ0v) is 21.2. The summed E-state index contributed by atoms with van der Waals surface area (Å²) in [6.45, 7) is 1.45. The molecule has 1 aliphatic carbocycles. The van der Waals surface area contributed by atoms with Crippen LogP contribution in [0.25, 0.3) is 22.4 Å². The Labute approximate surface area is 216 Å². The molecule has 1 aromatic heterocycles. The second kappa shape index (κ2) is 12.5. The molecule has 0 atom stereocenters. The maximum Gasteiger partial charge on any atom is 0.329 e. The summed E-state index contributed by atoms with van der Waals surface area (Å²) in [6, 6.07) is 14.9. The van der Waals surface area contributed by atoms with Gasteiger partial charge in [-0.3, -0.25) is 4.68 Å². The van der Waals surface area contributed by atoms with Crippen molar-refractivity contribution in [3.05, 3.63) is 65.1 Å². The van der Waals surface area contributed by atoms with Crippen LogP contribution in [-0.4, -0.2) is 47.8 Å². The van der Waals surface area contributed by atoms with Gasteiger partial charge in [0.15, 0.2) is 0 Å². The maximum atomic E-state index is 15.3. The number of carbonyl (C=O) groups is 1. The van der Waals surface area contributed by atoms with E-state index in [-0.39, 0.29) is 11.6 Å². The molecule has 1 fully saturated rings. The molecule has 192 valence electrons. The van der Waals surface area contributed by atoms with Crippen LogP contribution in [0.2, 0.25) is 5.02 Å². The van der Waals surface area contributed by atoms with E-state index in [1.54, 1.807) is 25.3 Å². The number of hydrogen-bond acceptors (Lipinski definition) is 4. The Bertz CT molecular complexity index is 1160.